The fourth-order valence-corrected chi connectivity index (χ4v) is 2.52. The maximum absolute atomic E-state index is 12.0. The number of amides is 1. The fraction of sp³-hybridized carbons (Fsp3) is 0.154. The van der Waals surface area contributed by atoms with Crippen LogP contribution in [0.5, 0.6) is 0 Å². The van der Waals surface area contributed by atoms with E-state index in [4.69, 9.17) is 4.42 Å². The molecule has 0 spiro atoms. The summed E-state index contributed by atoms with van der Waals surface area (Å²) >= 11 is 0. The molecule has 1 N–H and O–H groups in total. The predicted molar refractivity (Wildman–Crippen MR) is 69.3 cm³/mol. The van der Waals surface area contributed by atoms with Gasteiger partial charge in [0.15, 0.2) is 5.76 Å². The molecule has 0 bridgehead atoms. The summed E-state index contributed by atoms with van der Waals surface area (Å²) in [7, 11) is -3.87. The molecule has 0 radical (unpaired) electrons. The van der Waals surface area contributed by atoms with E-state index in [0.717, 1.165) is 5.56 Å². The van der Waals surface area contributed by atoms with Crippen molar-refractivity contribution in [3.63, 3.8) is 0 Å². The summed E-state index contributed by atoms with van der Waals surface area (Å²) in [4.78, 5) is 11.9. The van der Waals surface area contributed by atoms with Gasteiger partial charge in [0.05, 0.1) is 11.2 Å². The number of nitrogens with one attached hydrogen (secondary N) is 1. The number of benzene rings is 1. The lowest BCUT2D eigenvalue weighted by atomic mass is 10.2. The predicted octanol–water partition coefficient (Wildman–Crippen LogP) is 2.02. The first-order valence-corrected chi connectivity index (χ1v) is 7.07. The smallest absolute Gasteiger partial charge is 0.300 e. The Balaban J connectivity index is 2.27. The van der Waals surface area contributed by atoms with E-state index in [2.05, 4.69) is 0 Å². The molecule has 1 heterocycles. The zero-order valence-corrected chi connectivity index (χ0v) is 11.3. The molecule has 19 heavy (non-hydrogen) atoms. The summed E-state index contributed by atoms with van der Waals surface area (Å²) in [6.07, 6.45) is 1.42. The van der Waals surface area contributed by atoms with Crippen molar-refractivity contribution in [3.8, 4) is 0 Å². The van der Waals surface area contributed by atoms with Crippen LogP contribution in [0.3, 0.4) is 0 Å². The van der Waals surface area contributed by atoms with Gasteiger partial charge in [-0.25, -0.2) is 13.1 Å². The lowest BCUT2D eigenvalue weighted by Crippen LogP contribution is -2.30. The SMILES string of the molecule is Cc1coc(C(=O)NS(=O)(=O)c2ccccc2)c1C. The Morgan fingerprint density at radius 1 is 1.16 bits per heavy atom. The molecule has 0 aliphatic heterocycles. The van der Waals surface area contributed by atoms with Gasteiger partial charge in [-0.15, -0.1) is 0 Å². The molecular weight excluding hydrogens is 266 g/mol. The van der Waals surface area contributed by atoms with E-state index in [0.29, 0.717) is 5.56 Å². The Kier molecular flexibility index (Phi) is 3.44. The minimum atomic E-state index is -3.87. The second-order valence-electron chi connectivity index (χ2n) is 4.12. The molecule has 1 aromatic carbocycles. The number of hydrogen-bond donors (Lipinski definition) is 1. The molecule has 5 nitrogen and oxygen atoms in total. The Hall–Kier alpha value is -2.08. The number of hydrogen-bond acceptors (Lipinski definition) is 4. The molecule has 2 aromatic rings. The second-order valence-corrected chi connectivity index (χ2v) is 5.80. The molecule has 0 aliphatic rings. The molecule has 0 saturated carbocycles. The van der Waals surface area contributed by atoms with Crippen molar-refractivity contribution in [3.05, 3.63) is 53.5 Å². The summed E-state index contributed by atoms with van der Waals surface area (Å²) in [5.74, 6) is -0.758. The van der Waals surface area contributed by atoms with Crippen LogP contribution >= 0.6 is 0 Å². The van der Waals surface area contributed by atoms with Crippen LogP contribution in [0.15, 0.2) is 45.9 Å². The van der Waals surface area contributed by atoms with Gasteiger partial charge in [0.25, 0.3) is 10.0 Å². The number of aryl methyl sites for hydroxylation is 1. The van der Waals surface area contributed by atoms with Crippen LogP contribution in [0.2, 0.25) is 0 Å². The van der Waals surface area contributed by atoms with E-state index in [9.17, 15) is 13.2 Å². The van der Waals surface area contributed by atoms with E-state index in [1.54, 1.807) is 32.0 Å². The minimum Gasteiger partial charge on any atom is -0.459 e. The van der Waals surface area contributed by atoms with Gasteiger partial charge in [0, 0.05) is 5.56 Å². The van der Waals surface area contributed by atoms with Crippen LogP contribution in [0.1, 0.15) is 21.7 Å². The van der Waals surface area contributed by atoms with Crippen molar-refractivity contribution >= 4 is 15.9 Å². The summed E-state index contributed by atoms with van der Waals surface area (Å²) in [5, 5.41) is 0. The largest absolute Gasteiger partial charge is 0.459 e. The van der Waals surface area contributed by atoms with Crippen LogP contribution in [0.4, 0.5) is 0 Å². The first kappa shape index (κ1) is 13.4. The zero-order chi connectivity index (χ0) is 14.0. The molecule has 2 rings (SSSR count). The van der Waals surface area contributed by atoms with Crippen LogP contribution in [0.25, 0.3) is 0 Å². The van der Waals surface area contributed by atoms with Crippen LogP contribution in [0, 0.1) is 13.8 Å². The monoisotopic (exact) mass is 279 g/mol. The van der Waals surface area contributed by atoms with Crippen LogP contribution in [-0.2, 0) is 10.0 Å². The maximum atomic E-state index is 12.0. The van der Waals surface area contributed by atoms with E-state index < -0.39 is 15.9 Å². The van der Waals surface area contributed by atoms with Crippen molar-refractivity contribution in [2.24, 2.45) is 0 Å². The third-order valence-corrected chi connectivity index (χ3v) is 4.12. The summed E-state index contributed by atoms with van der Waals surface area (Å²) < 4.78 is 31.0. The van der Waals surface area contributed by atoms with Gasteiger partial charge >= 0.3 is 5.91 Å². The van der Waals surface area contributed by atoms with Crippen molar-refractivity contribution in [2.75, 3.05) is 0 Å². The van der Waals surface area contributed by atoms with Gasteiger partial charge < -0.3 is 4.42 Å². The van der Waals surface area contributed by atoms with E-state index >= 15 is 0 Å². The quantitative estimate of drug-likeness (QED) is 0.932. The van der Waals surface area contributed by atoms with Crippen molar-refractivity contribution in [1.29, 1.82) is 0 Å². The highest BCUT2D eigenvalue weighted by Gasteiger charge is 2.22. The normalized spacial score (nSPS) is 11.3. The molecule has 100 valence electrons. The van der Waals surface area contributed by atoms with Gasteiger partial charge in [0.2, 0.25) is 0 Å². The van der Waals surface area contributed by atoms with Gasteiger partial charge in [-0.05, 0) is 31.5 Å². The standard InChI is InChI=1S/C13H13NO4S/c1-9-8-18-12(10(9)2)13(15)14-19(16,17)11-6-4-3-5-7-11/h3-8H,1-2H3,(H,14,15). The number of sulfonamides is 1. The number of furan rings is 1. The average molecular weight is 279 g/mol. The van der Waals surface area contributed by atoms with Gasteiger partial charge in [-0.1, -0.05) is 18.2 Å². The molecule has 0 atom stereocenters. The maximum Gasteiger partial charge on any atom is 0.300 e. The zero-order valence-electron chi connectivity index (χ0n) is 10.5. The third-order valence-electron chi connectivity index (χ3n) is 2.77. The topological polar surface area (TPSA) is 76.4 Å². The van der Waals surface area contributed by atoms with E-state index in [-0.39, 0.29) is 10.7 Å². The Morgan fingerprint density at radius 2 is 1.79 bits per heavy atom. The highest BCUT2D eigenvalue weighted by molar-refractivity contribution is 7.90. The lowest BCUT2D eigenvalue weighted by Gasteiger charge is -2.05. The Morgan fingerprint density at radius 3 is 2.32 bits per heavy atom. The number of rotatable bonds is 3. The Labute approximate surface area is 111 Å². The molecule has 1 aromatic heterocycles. The van der Waals surface area contributed by atoms with E-state index in [1.165, 1.54) is 18.4 Å². The first-order valence-electron chi connectivity index (χ1n) is 5.58. The van der Waals surface area contributed by atoms with Crippen molar-refractivity contribution in [2.45, 2.75) is 18.7 Å². The van der Waals surface area contributed by atoms with Gasteiger partial charge in [-0.3, -0.25) is 4.79 Å². The summed E-state index contributed by atoms with van der Waals surface area (Å²) in [6.45, 7) is 3.48. The second kappa shape index (κ2) is 4.89. The molecule has 0 aliphatic carbocycles. The van der Waals surface area contributed by atoms with Crippen LogP contribution < -0.4 is 4.72 Å². The fourth-order valence-electron chi connectivity index (χ4n) is 1.55. The first-order chi connectivity index (χ1) is 8.92. The van der Waals surface area contributed by atoms with Crippen molar-refractivity contribution in [1.82, 2.24) is 4.72 Å². The lowest BCUT2D eigenvalue weighted by molar-refractivity contribution is 0.0953. The molecule has 6 heteroatoms. The molecule has 0 saturated heterocycles. The third kappa shape index (κ3) is 2.68. The molecule has 0 unspecified atom stereocenters. The molecule has 1 amide bonds. The molecular formula is C13H13NO4S. The van der Waals surface area contributed by atoms with Gasteiger partial charge in [0.1, 0.15) is 0 Å². The van der Waals surface area contributed by atoms with Crippen LogP contribution in [-0.4, -0.2) is 14.3 Å². The summed E-state index contributed by atoms with van der Waals surface area (Å²) in [6, 6.07) is 7.69. The van der Waals surface area contributed by atoms with E-state index in [1.807, 2.05) is 4.72 Å². The number of carbonyl (C=O) groups excluding carboxylic acids is 1. The van der Waals surface area contributed by atoms with Crippen molar-refractivity contribution < 1.29 is 17.6 Å². The molecule has 0 fully saturated rings. The summed E-state index contributed by atoms with van der Waals surface area (Å²) in [5.41, 5.74) is 1.42. The van der Waals surface area contributed by atoms with Gasteiger partial charge in [-0.2, -0.15) is 0 Å². The average Bonchev–Trinajstić information content (AvgIpc) is 2.71. The Bertz CT molecular complexity index is 701. The minimum absolute atomic E-state index is 0.0111. The number of carbonyl (C=O) groups is 1. The highest BCUT2D eigenvalue weighted by atomic mass is 32.2. The highest BCUT2D eigenvalue weighted by Crippen LogP contribution is 2.16.